The summed E-state index contributed by atoms with van der Waals surface area (Å²) >= 11 is 0. The van der Waals surface area contributed by atoms with Crippen molar-refractivity contribution in [1.82, 2.24) is 14.2 Å². The van der Waals surface area contributed by atoms with Gasteiger partial charge >= 0.3 is 5.69 Å². The zero-order valence-corrected chi connectivity index (χ0v) is 13.0. The van der Waals surface area contributed by atoms with Gasteiger partial charge in [-0.25, -0.2) is 13.9 Å². The summed E-state index contributed by atoms with van der Waals surface area (Å²) in [5, 5.41) is 5.22. The minimum absolute atomic E-state index is 0.200. The third kappa shape index (κ3) is 2.20. The average molecular weight is 315 g/mol. The molecule has 0 N–H and O–H groups in total. The number of hydrogen-bond donors (Lipinski definition) is 0. The molecule has 0 aliphatic carbocycles. The molecule has 0 unspecified atom stereocenters. The molecule has 7 heteroatoms. The summed E-state index contributed by atoms with van der Waals surface area (Å²) in [5.41, 5.74) is 1.89. The van der Waals surface area contributed by atoms with Crippen LogP contribution in [0.5, 0.6) is 5.75 Å². The van der Waals surface area contributed by atoms with Crippen LogP contribution >= 0.6 is 0 Å². The van der Waals surface area contributed by atoms with E-state index in [0.29, 0.717) is 25.5 Å². The molecular weight excluding hydrogens is 298 g/mol. The Kier molecular flexibility index (Phi) is 3.32. The fourth-order valence-corrected chi connectivity index (χ4v) is 2.92. The summed E-state index contributed by atoms with van der Waals surface area (Å²) < 4.78 is 19.7. The van der Waals surface area contributed by atoms with Crippen LogP contribution in [0.2, 0.25) is 0 Å². The summed E-state index contributed by atoms with van der Waals surface area (Å²) in [5.74, 6) is 0.760. The lowest BCUT2D eigenvalue weighted by atomic mass is 10.1. The van der Waals surface area contributed by atoms with Crippen LogP contribution in [0, 0.1) is 0 Å². The maximum Gasteiger partial charge on any atom is 0.350 e. The fourth-order valence-electron chi connectivity index (χ4n) is 2.92. The first kappa shape index (κ1) is 14.2. The molecule has 0 bridgehead atoms. The molecule has 0 spiro atoms. The van der Waals surface area contributed by atoms with Crippen molar-refractivity contribution in [3.63, 3.8) is 0 Å². The van der Waals surface area contributed by atoms with Gasteiger partial charge in [-0.15, -0.1) is 5.10 Å². The van der Waals surface area contributed by atoms with Crippen LogP contribution in [0.25, 0.3) is 16.6 Å². The lowest BCUT2D eigenvalue weighted by molar-refractivity contribution is -0.0432. The molecule has 2 aromatic heterocycles. The second-order valence-electron chi connectivity index (χ2n) is 5.39. The van der Waals surface area contributed by atoms with E-state index in [0.717, 1.165) is 22.2 Å². The molecule has 4 rings (SSSR count). The summed E-state index contributed by atoms with van der Waals surface area (Å²) in [6.07, 6.45) is -0.501. The standard InChI is InChI=1S/C16H17N3O4/c1-3-21-11-4-5-13-10(8-11)9-12(15-22-6-7-23-15)14-17-18(2)16(20)19(13)14/h4-5,8-9,15H,3,6-7H2,1-2H3. The molecule has 1 fully saturated rings. The van der Waals surface area contributed by atoms with E-state index in [4.69, 9.17) is 14.2 Å². The minimum Gasteiger partial charge on any atom is -0.494 e. The molecule has 0 amide bonds. The number of hydrogen-bond acceptors (Lipinski definition) is 5. The SMILES string of the molecule is CCOc1ccc2c(c1)cc(C1OCCO1)c1nn(C)c(=O)n12. The molecule has 7 nitrogen and oxygen atoms in total. The van der Waals surface area contributed by atoms with E-state index in [9.17, 15) is 4.79 Å². The van der Waals surface area contributed by atoms with Crippen LogP contribution < -0.4 is 10.4 Å². The van der Waals surface area contributed by atoms with Crippen molar-refractivity contribution in [3.05, 3.63) is 40.3 Å². The maximum absolute atomic E-state index is 12.5. The van der Waals surface area contributed by atoms with Crippen molar-refractivity contribution in [2.75, 3.05) is 19.8 Å². The molecule has 1 aliphatic rings. The first-order valence-electron chi connectivity index (χ1n) is 7.57. The fraction of sp³-hybridized carbons (Fsp3) is 0.375. The average Bonchev–Trinajstić information content (AvgIpc) is 3.17. The summed E-state index contributed by atoms with van der Waals surface area (Å²) in [6, 6.07) is 7.59. The van der Waals surface area contributed by atoms with E-state index in [1.807, 2.05) is 31.2 Å². The predicted octanol–water partition coefficient (Wildman–Crippen LogP) is 1.63. The molecule has 3 aromatic rings. The van der Waals surface area contributed by atoms with E-state index in [2.05, 4.69) is 5.10 Å². The summed E-state index contributed by atoms with van der Waals surface area (Å²) in [7, 11) is 1.63. The molecular formula is C16H17N3O4. The van der Waals surface area contributed by atoms with Gasteiger partial charge in [0, 0.05) is 12.4 Å². The molecule has 3 heterocycles. The van der Waals surface area contributed by atoms with E-state index in [1.165, 1.54) is 4.68 Å². The first-order valence-corrected chi connectivity index (χ1v) is 7.57. The number of fused-ring (bicyclic) bond motifs is 3. The van der Waals surface area contributed by atoms with E-state index >= 15 is 0 Å². The highest BCUT2D eigenvalue weighted by atomic mass is 16.7. The van der Waals surface area contributed by atoms with Gasteiger partial charge in [-0.3, -0.25) is 0 Å². The zero-order valence-electron chi connectivity index (χ0n) is 13.0. The van der Waals surface area contributed by atoms with Crippen molar-refractivity contribution in [1.29, 1.82) is 0 Å². The Labute approximate surface area is 132 Å². The Morgan fingerprint density at radius 2 is 2.09 bits per heavy atom. The van der Waals surface area contributed by atoms with E-state index < -0.39 is 6.29 Å². The van der Waals surface area contributed by atoms with E-state index in [1.54, 1.807) is 11.4 Å². The van der Waals surface area contributed by atoms with Gasteiger partial charge in [-0.05, 0) is 31.2 Å². The van der Waals surface area contributed by atoms with Crippen molar-refractivity contribution in [3.8, 4) is 5.75 Å². The number of rotatable bonds is 3. The van der Waals surface area contributed by atoms with E-state index in [-0.39, 0.29) is 5.69 Å². The number of nitrogens with zero attached hydrogens (tertiary/aromatic N) is 3. The second kappa shape index (κ2) is 5.36. The maximum atomic E-state index is 12.5. The third-order valence-electron chi connectivity index (χ3n) is 3.92. The highest BCUT2D eigenvalue weighted by molar-refractivity contribution is 5.85. The molecule has 1 aromatic carbocycles. The second-order valence-corrected chi connectivity index (χ2v) is 5.39. The van der Waals surface area contributed by atoms with Crippen molar-refractivity contribution < 1.29 is 14.2 Å². The Morgan fingerprint density at radius 3 is 2.83 bits per heavy atom. The lowest BCUT2D eigenvalue weighted by Gasteiger charge is -2.12. The topological polar surface area (TPSA) is 67.0 Å². The number of aromatic nitrogens is 3. The molecule has 0 saturated carbocycles. The van der Waals surface area contributed by atoms with Crippen LogP contribution in [0.3, 0.4) is 0 Å². The summed E-state index contributed by atoms with van der Waals surface area (Å²) in [4.78, 5) is 12.5. The molecule has 23 heavy (non-hydrogen) atoms. The normalized spacial score (nSPS) is 15.7. The van der Waals surface area contributed by atoms with Crippen molar-refractivity contribution >= 4 is 16.6 Å². The Bertz CT molecular complexity index is 938. The third-order valence-corrected chi connectivity index (χ3v) is 3.92. The molecule has 0 radical (unpaired) electrons. The Balaban J connectivity index is 2.05. The molecule has 1 saturated heterocycles. The van der Waals surface area contributed by atoms with Gasteiger partial charge in [0.15, 0.2) is 11.9 Å². The van der Waals surface area contributed by atoms with Gasteiger partial charge in [-0.1, -0.05) is 0 Å². The van der Waals surface area contributed by atoms with Crippen molar-refractivity contribution in [2.45, 2.75) is 13.2 Å². The lowest BCUT2D eigenvalue weighted by Crippen LogP contribution is -2.18. The monoisotopic (exact) mass is 315 g/mol. The minimum atomic E-state index is -0.501. The van der Waals surface area contributed by atoms with Crippen LogP contribution in [-0.2, 0) is 16.5 Å². The van der Waals surface area contributed by atoms with Gasteiger partial charge in [0.2, 0.25) is 0 Å². The van der Waals surface area contributed by atoms with Crippen molar-refractivity contribution in [2.24, 2.45) is 7.05 Å². The highest BCUT2D eigenvalue weighted by Gasteiger charge is 2.24. The quantitative estimate of drug-likeness (QED) is 0.735. The smallest absolute Gasteiger partial charge is 0.350 e. The van der Waals surface area contributed by atoms with Gasteiger partial charge in [0.25, 0.3) is 0 Å². The highest BCUT2D eigenvalue weighted by Crippen LogP contribution is 2.30. The number of pyridine rings is 1. The number of ether oxygens (including phenoxy) is 3. The Morgan fingerprint density at radius 1 is 1.30 bits per heavy atom. The Hall–Kier alpha value is -2.38. The predicted molar refractivity (Wildman–Crippen MR) is 83.8 cm³/mol. The zero-order chi connectivity index (χ0) is 16.0. The first-order chi connectivity index (χ1) is 11.2. The summed E-state index contributed by atoms with van der Waals surface area (Å²) in [6.45, 7) is 3.59. The van der Waals surface area contributed by atoms with Crippen LogP contribution in [0.4, 0.5) is 0 Å². The van der Waals surface area contributed by atoms with Crippen LogP contribution in [-0.4, -0.2) is 34.0 Å². The largest absolute Gasteiger partial charge is 0.494 e. The van der Waals surface area contributed by atoms with Gasteiger partial charge in [0.05, 0.1) is 30.9 Å². The number of benzene rings is 1. The van der Waals surface area contributed by atoms with Gasteiger partial charge in [-0.2, -0.15) is 0 Å². The van der Waals surface area contributed by atoms with Gasteiger partial charge in [0.1, 0.15) is 5.75 Å². The molecule has 120 valence electrons. The van der Waals surface area contributed by atoms with Gasteiger partial charge < -0.3 is 14.2 Å². The van der Waals surface area contributed by atoms with Crippen LogP contribution in [0.1, 0.15) is 18.8 Å². The molecule has 0 atom stereocenters. The molecule has 1 aliphatic heterocycles. The van der Waals surface area contributed by atoms with Crippen LogP contribution in [0.15, 0.2) is 29.1 Å². The number of aryl methyl sites for hydroxylation is 1.